The molecule has 0 aromatic rings. The Bertz CT molecular complexity index is 440. The van der Waals surface area contributed by atoms with Gasteiger partial charge >= 0.3 is 0 Å². The van der Waals surface area contributed by atoms with Crippen molar-refractivity contribution in [2.45, 2.75) is 19.3 Å². The largest absolute Gasteiger partial charge is 0.299 e. The molecule has 0 N–H and O–H groups in total. The Morgan fingerprint density at radius 1 is 1.19 bits per heavy atom. The van der Waals surface area contributed by atoms with Crippen LogP contribution in [0.2, 0.25) is 0 Å². The van der Waals surface area contributed by atoms with Crippen LogP contribution in [0.25, 0.3) is 0 Å². The Hall–Kier alpha value is -2.37. The number of ketones is 1. The van der Waals surface area contributed by atoms with Crippen molar-refractivity contribution in [3.8, 4) is 24.3 Å². The van der Waals surface area contributed by atoms with Crippen LogP contribution >= 0.6 is 0 Å². The first-order valence-electron chi connectivity index (χ1n) is 4.80. The van der Waals surface area contributed by atoms with Gasteiger partial charge in [-0.2, -0.15) is 21.0 Å². The zero-order chi connectivity index (χ0) is 12.2. The highest BCUT2D eigenvalue weighted by atomic mass is 16.1. The van der Waals surface area contributed by atoms with Gasteiger partial charge in [-0.15, -0.1) is 0 Å². The van der Waals surface area contributed by atoms with Crippen molar-refractivity contribution in [3.63, 3.8) is 0 Å². The average molecular weight is 212 g/mol. The van der Waals surface area contributed by atoms with Crippen molar-refractivity contribution in [1.29, 1.82) is 21.0 Å². The first kappa shape index (κ1) is 11.7. The van der Waals surface area contributed by atoms with Gasteiger partial charge in [-0.25, -0.2) is 0 Å². The van der Waals surface area contributed by atoms with E-state index in [9.17, 15) is 4.79 Å². The van der Waals surface area contributed by atoms with Crippen molar-refractivity contribution >= 4 is 5.78 Å². The van der Waals surface area contributed by atoms with E-state index in [1.54, 1.807) is 24.3 Å². The molecule has 16 heavy (non-hydrogen) atoms. The summed E-state index contributed by atoms with van der Waals surface area (Å²) in [6, 6.07) is 6.69. The summed E-state index contributed by atoms with van der Waals surface area (Å²) in [6.07, 6.45) is 1.33. The Balaban J connectivity index is 3.24. The van der Waals surface area contributed by atoms with Crippen LogP contribution in [0.1, 0.15) is 19.3 Å². The van der Waals surface area contributed by atoms with E-state index in [1.807, 2.05) is 0 Å². The minimum Gasteiger partial charge on any atom is -0.299 e. The Kier molecular flexibility index (Phi) is 3.24. The molecular formula is C11H8N4O. The van der Waals surface area contributed by atoms with Gasteiger partial charge in [-0.05, 0) is 12.8 Å². The van der Waals surface area contributed by atoms with Gasteiger partial charge in [0.2, 0.25) is 0 Å². The highest BCUT2D eigenvalue weighted by Crippen LogP contribution is 2.42. The maximum atomic E-state index is 11.6. The van der Waals surface area contributed by atoms with Gasteiger partial charge in [0.25, 0.3) is 0 Å². The summed E-state index contributed by atoms with van der Waals surface area (Å²) in [5, 5.41) is 35.7. The molecule has 0 spiro atoms. The van der Waals surface area contributed by atoms with E-state index < -0.39 is 17.3 Å². The summed E-state index contributed by atoms with van der Waals surface area (Å²) in [4.78, 5) is 11.6. The first-order chi connectivity index (χ1) is 7.66. The summed E-state index contributed by atoms with van der Waals surface area (Å²) in [6.45, 7) is 0. The highest BCUT2D eigenvalue weighted by molar-refractivity contribution is 5.85. The maximum absolute atomic E-state index is 11.6. The van der Waals surface area contributed by atoms with Crippen molar-refractivity contribution in [3.05, 3.63) is 0 Å². The summed E-state index contributed by atoms with van der Waals surface area (Å²) in [5.41, 5.74) is -1.81. The molecule has 0 aromatic heterocycles. The lowest BCUT2D eigenvalue weighted by molar-refractivity contribution is -0.122. The van der Waals surface area contributed by atoms with Gasteiger partial charge in [-0.3, -0.25) is 4.79 Å². The van der Waals surface area contributed by atoms with Crippen molar-refractivity contribution in [2.75, 3.05) is 0 Å². The third-order valence-corrected chi connectivity index (χ3v) is 2.94. The number of nitrogens with zero attached hydrogens (tertiary/aromatic N) is 4. The maximum Gasteiger partial charge on any atom is 0.182 e. The molecular weight excluding hydrogens is 204 g/mol. The smallest absolute Gasteiger partial charge is 0.182 e. The summed E-state index contributed by atoms with van der Waals surface area (Å²) >= 11 is 0. The van der Waals surface area contributed by atoms with Gasteiger partial charge in [0.05, 0.1) is 30.2 Å². The van der Waals surface area contributed by atoms with Crippen LogP contribution in [0.15, 0.2) is 0 Å². The highest BCUT2D eigenvalue weighted by Gasteiger charge is 2.52. The predicted octanol–water partition coefficient (Wildman–Crippen LogP) is 1.05. The molecule has 5 heteroatoms. The van der Waals surface area contributed by atoms with Crippen LogP contribution in [-0.4, -0.2) is 5.78 Å². The molecule has 1 atom stereocenters. The van der Waals surface area contributed by atoms with E-state index in [0.717, 1.165) is 0 Å². The number of nitriles is 4. The number of Topliss-reactive ketones (excluding diaryl/α,β-unsaturated/α-hetero) is 1. The van der Waals surface area contributed by atoms with Crippen molar-refractivity contribution in [2.24, 2.45) is 17.3 Å². The lowest BCUT2D eigenvalue weighted by Gasteiger charge is -2.24. The van der Waals surface area contributed by atoms with Crippen molar-refractivity contribution < 1.29 is 4.79 Å². The van der Waals surface area contributed by atoms with E-state index in [4.69, 9.17) is 21.0 Å². The van der Waals surface area contributed by atoms with Gasteiger partial charge in [0, 0.05) is 6.42 Å². The van der Waals surface area contributed by atoms with Gasteiger partial charge in [0.1, 0.15) is 5.78 Å². The molecule has 0 aromatic carbocycles. The fourth-order valence-corrected chi connectivity index (χ4v) is 2.04. The molecule has 0 saturated heterocycles. The summed E-state index contributed by atoms with van der Waals surface area (Å²) in [7, 11) is 0. The second-order valence-corrected chi connectivity index (χ2v) is 3.69. The average Bonchev–Trinajstić information content (AvgIpc) is 2.73. The number of hydrogen-bond donors (Lipinski definition) is 0. The molecule has 0 aliphatic heterocycles. The molecule has 1 fully saturated rings. The summed E-state index contributed by atoms with van der Waals surface area (Å²) < 4.78 is 0. The molecule has 0 unspecified atom stereocenters. The van der Waals surface area contributed by atoms with E-state index in [2.05, 4.69) is 0 Å². The molecule has 1 aliphatic carbocycles. The Labute approximate surface area is 93.1 Å². The SMILES string of the molecule is N#CC(C#N)C(C#N)(C#N)[C@H]1CCCC1=O. The van der Waals surface area contributed by atoms with E-state index in [1.165, 1.54) is 0 Å². The third kappa shape index (κ3) is 1.50. The quantitative estimate of drug-likeness (QED) is 0.678. The lowest BCUT2D eigenvalue weighted by atomic mass is 9.68. The van der Waals surface area contributed by atoms with Crippen molar-refractivity contribution in [1.82, 2.24) is 0 Å². The number of carbonyl (C=O) groups is 1. The second-order valence-electron chi connectivity index (χ2n) is 3.69. The fourth-order valence-electron chi connectivity index (χ4n) is 2.04. The van der Waals surface area contributed by atoms with E-state index in [0.29, 0.717) is 19.3 Å². The predicted molar refractivity (Wildman–Crippen MR) is 50.7 cm³/mol. The Morgan fingerprint density at radius 2 is 1.75 bits per heavy atom. The third-order valence-electron chi connectivity index (χ3n) is 2.94. The van der Waals surface area contributed by atoms with Gasteiger partial charge < -0.3 is 0 Å². The molecule has 5 nitrogen and oxygen atoms in total. The standard InChI is InChI=1S/C11H8N4O/c12-4-8(5-13)11(6-14,7-15)9-2-1-3-10(9)16/h8-9H,1-3H2/t9-/m0/s1. The monoisotopic (exact) mass is 212 g/mol. The molecule has 1 saturated carbocycles. The topological polar surface area (TPSA) is 112 Å². The fraction of sp³-hybridized carbons (Fsp3) is 0.545. The minimum absolute atomic E-state index is 0.196. The van der Waals surface area contributed by atoms with Gasteiger partial charge in [0.15, 0.2) is 11.3 Å². The molecule has 1 aliphatic rings. The van der Waals surface area contributed by atoms with Gasteiger partial charge in [-0.1, -0.05) is 0 Å². The van der Waals surface area contributed by atoms with E-state index in [-0.39, 0.29) is 5.78 Å². The van der Waals surface area contributed by atoms with Crippen LogP contribution in [0.4, 0.5) is 0 Å². The molecule has 78 valence electrons. The molecule has 0 amide bonds. The zero-order valence-electron chi connectivity index (χ0n) is 8.47. The Morgan fingerprint density at radius 3 is 2.06 bits per heavy atom. The van der Waals surface area contributed by atoms with Crippen LogP contribution < -0.4 is 0 Å². The number of carbonyl (C=O) groups excluding carboxylic acids is 1. The molecule has 0 bridgehead atoms. The zero-order valence-corrected chi connectivity index (χ0v) is 8.47. The lowest BCUT2D eigenvalue weighted by Crippen LogP contribution is -2.36. The first-order valence-corrected chi connectivity index (χ1v) is 4.80. The summed E-state index contributed by atoms with van der Waals surface area (Å²) in [5.74, 6) is -2.38. The van der Waals surface area contributed by atoms with E-state index >= 15 is 0 Å². The number of rotatable bonds is 2. The second kappa shape index (κ2) is 4.43. The minimum atomic E-state index is -1.81. The van der Waals surface area contributed by atoms with Crippen LogP contribution in [0.5, 0.6) is 0 Å². The molecule has 1 rings (SSSR count). The molecule has 0 heterocycles. The molecule has 0 radical (unpaired) electrons. The normalized spacial score (nSPS) is 19.6. The number of hydrogen-bond acceptors (Lipinski definition) is 5. The van der Waals surface area contributed by atoms with Crippen LogP contribution in [0.3, 0.4) is 0 Å². The van der Waals surface area contributed by atoms with Crippen LogP contribution in [-0.2, 0) is 4.79 Å². The van der Waals surface area contributed by atoms with Crippen LogP contribution in [0, 0.1) is 62.6 Å².